The predicted molar refractivity (Wildman–Crippen MR) is 85.6 cm³/mol. The van der Waals surface area contributed by atoms with Crippen LogP contribution in [0.4, 0.5) is 11.5 Å². The molecule has 1 aliphatic rings. The summed E-state index contributed by atoms with van der Waals surface area (Å²) in [6.07, 6.45) is 1.92. The number of benzene rings is 1. The van der Waals surface area contributed by atoms with E-state index in [9.17, 15) is 20.0 Å². The molecule has 3 rings (SSSR count). The molecule has 2 aromatic rings. The van der Waals surface area contributed by atoms with Crippen molar-refractivity contribution in [3.8, 4) is 5.69 Å². The number of hydrogen-bond acceptors (Lipinski definition) is 6. The molecule has 1 fully saturated rings. The van der Waals surface area contributed by atoms with Gasteiger partial charge in [0.15, 0.2) is 5.82 Å². The van der Waals surface area contributed by atoms with Crippen LogP contribution in [-0.2, 0) is 0 Å². The van der Waals surface area contributed by atoms with E-state index in [1.54, 1.807) is 6.07 Å². The van der Waals surface area contributed by atoms with Crippen molar-refractivity contribution in [3.63, 3.8) is 0 Å². The highest BCUT2D eigenvalue weighted by Gasteiger charge is 2.26. The molecular formula is C15H17N5O4. The van der Waals surface area contributed by atoms with Gasteiger partial charge in [0, 0.05) is 25.2 Å². The molecule has 1 aliphatic heterocycles. The number of anilines is 1. The van der Waals surface area contributed by atoms with E-state index < -0.39 is 10.9 Å². The Kier molecular flexibility index (Phi) is 4.15. The predicted octanol–water partition coefficient (Wildman–Crippen LogP) is 2.11. The minimum Gasteiger partial charge on any atom is -0.476 e. The lowest BCUT2D eigenvalue weighted by Crippen LogP contribution is -2.34. The van der Waals surface area contributed by atoms with Crippen LogP contribution in [0, 0.1) is 16.0 Å². The molecule has 2 heterocycles. The zero-order valence-corrected chi connectivity index (χ0v) is 13.1. The smallest absolute Gasteiger partial charge is 0.360 e. The van der Waals surface area contributed by atoms with Gasteiger partial charge in [0.1, 0.15) is 0 Å². The van der Waals surface area contributed by atoms with E-state index in [4.69, 9.17) is 0 Å². The highest BCUT2D eigenvalue weighted by Crippen LogP contribution is 2.25. The largest absolute Gasteiger partial charge is 0.476 e. The number of rotatable bonds is 4. The Morgan fingerprint density at radius 1 is 1.33 bits per heavy atom. The number of nitro groups is 1. The first-order valence-electron chi connectivity index (χ1n) is 7.66. The van der Waals surface area contributed by atoms with E-state index in [0.717, 1.165) is 30.7 Å². The minimum atomic E-state index is -1.17. The summed E-state index contributed by atoms with van der Waals surface area (Å²) < 4.78 is 0. The quantitative estimate of drug-likeness (QED) is 0.674. The molecule has 1 aromatic heterocycles. The van der Waals surface area contributed by atoms with Crippen LogP contribution in [0.5, 0.6) is 0 Å². The summed E-state index contributed by atoms with van der Waals surface area (Å²) in [4.78, 5) is 24.9. The number of carbonyl (C=O) groups is 1. The van der Waals surface area contributed by atoms with Crippen LogP contribution in [0.1, 0.15) is 30.3 Å². The van der Waals surface area contributed by atoms with Crippen LogP contribution in [0.15, 0.2) is 24.3 Å². The molecular weight excluding hydrogens is 314 g/mol. The lowest BCUT2D eigenvalue weighted by molar-refractivity contribution is -0.384. The van der Waals surface area contributed by atoms with E-state index >= 15 is 0 Å². The first kappa shape index (κ1) is 15.9. The summed E-state index contributed by atoms with van der Waals surface area (Å²) in [7, 11) is 0. The van der Waals surface area contributed by atoms with Crippen LogP contribution < -0.4 is 4.90 Å². The average molecular weight is 331 g/mol. The Labute approximate surface area is 137 Å². The molecule has 0 aliphatic carbocycles. The summed E-state index contributed by atoms with van der Waals surface area (Å²) in [6.45, 7) is 3.60. The van der Waals surface area contributed by atoms with Crippen molar-refractivity contribution < 1.29 is 14.8 Å². The molecule has 0 atom stereocenters. The van der Waals surface area contributed by atoms with Crippen molar-refractivity contribution in [2.24, 2.45) is 5.92 Å². The highest BCUT2D eigenvalue weighted by molar-refractivity contribution is 5.91. The van der Waals surface area contributed by atoms with Crippen LogP contribution in [0.3, 0.4) is 0 Å². The maximum atomic E-state index is 11.5. The lowest BCUT2D eigenvalue weighted by Gasteiger charge is -2.30. The van der Waals surface area contributed by atoms with Crippen molar-refractivity contribution in [1.82, 2.24) is 15.0 Å². The van der Waals surface area contributed by atoms with Gasteiger partial charge in [-0.3, -0.25) is 10.1 Å². The van der Waals surface area contributed by atoms with Gasteiger partial charge in [-0.05, 0) is 24.8 Å². The first-order valence-corrected chi connectivity index (χ1v) is 7.66. The number of carboxylic acids is 1. The van der Waals surface area contributed by atoms with Crippen LogP contribution in [-0.4, -0.2) is 44.1 Å². The van der Waals surface area contributed by atoms with Gasteiger partial charge in [-0.15, -0.1) is 15.0 Å². The number of nitrogens with zero attached hydrogens (tertiary/aromatic N) is 5. The lowest BCUT2D eigenvalue weighted by atomic mass is 9.99. The van der Waals surface area contributed by atoms with Crippen LogP contribution >= 0.6 is 0 Å². The summed E-state index contributed by atoms with van der Waals surface area (Å²) in [6, 6.07) is 5.78. The second-order valence-electron chi connectivity index (χ2n) is 5.91. The molecule has 24 heavy (non-hydrogen) atoms. The van der Waals surface area contributed by atoms with E-state index in [0.29, 0.717) is 17.4 Å². The average Bonchev–Trinajstić information content (AvgIpc) is 3.01. The molecule has 0 unspecified atom stereocenters. The number of piperidine rings is 1. The standard InChI is InChI=1S/C15H17N5O4/c1-10-5-7-18(8-6-10)14-13(15(21)22)16-19(17-14)11-3-2-4-12(9-11)20(23)24/h2-4,9-10H,5-8H2,1H3,(H,21,22). The maximum absolute atomic E-state index is 11.5. The van der Waals surface area contributed by atoms with Crippen molar-refractivity contribution in [3.05, 3.63) is 40.1 Å². The van der Waals surface area contributed by atoms with E-state index in [2.05, 4.69) is 17.1 Å². The van der Waals surface area contributed by atoms with Gasteiger partial charge in [-0.2, -0.15) is 0 Å². The monoisotopic (exact) mass is 331 g/mol. The van der Waals surface area contributed by atoms with Crippen molar-refractivity contribution in [2.45, 2.75) is 19.8 Å². The molecule has 126 valence electrons. The third-order valence-electron chi connectivity index (χ3n) is 4.15. The topological polar surface area (TPSA) is 114 Å². The molecule has 9 nitrogen and oxygen atoms in total. The number of aromatic carboxylic acids is 1. The molecule has 1 aromatic carbocycles. The normalized spacial score (nSPS) is 15.5. The van der Waals surface area contributed by atoms with Gasteiger partial charge in [0.05, 0.1) is 10.6 Å². The molecule has 0 amide bonds. The Morgan fingerprint density at radius 2 is 2.04 bits per heavy atom. The molecule has 0 saturated carbocycles. The van der Waals surface area contributed by atoms with Crippen molar-refractivity contribution >= 4 is 17.5 Å². The second kappa shape index (κ2) is 6.26. The Balaban J connectivity index is 1.98. The van der Waals surface area contributed by atoms with Gasteiger partial charge in [0.2, 0.25) is 5.69 Å². The first-order chi connectivity index (χ1) is 11.5. The summed E-state index contributed by atoms with van der Waals surface area (Å²) in [5, 5.41) is 28.6. The fraction of sp³-hybridized carbons (Fsp3) is 0.400. The molecule has 1 saturated heterocycles. The number of non-ortho nitro benzene ring substituents is 1. The SMILES string of the molecule is CC1CCN(c2nn(-c3cccc([N+](=O)[O-])c3)nc2C(=O)O)CC1. The third-order valence-corrected chi connectivity index (χ3v) is 4.15. The van der Waals surface area contributed by atoms with Crippen molar-refractivity contribution in [1.29, 1.82) is 0 Å². The Morgan fingerprint density at radius 3 is 2.67 bits per heavy atom. The van der Waals surface area contributed by atoms with E-state index in [1.807, 2.05) is 4.90 Å². The van der Waals surface area contributed by atoms with E-state index in [-0.39, 0.29) is 11.4 Å². The molecule has 0 radical (unpaired) electrons. The minimum absolute atomic E-state index is 0.102. The number of aromatic nitrogens is 3. The molecule has 9 heteroatoms. The van der Waals surface area contributed by atoms with Gasteiger partial charge in [-0.1, -0.05) is 13.0 Å². The maximum Gasteiger partial charge on any atom is 0.360 e. The highest BCUT2D eigenvalue weighted by atomic mass is 16.6. The van der Waals surface area contributed by atoms with Gasteiger partial charge >= 0.3 is 5.97 Å². The summed E-state index contributed by atoms with van der Waals surface area (Å²) in [5.74, 6) is -0.262. The van der Waals surface area contributed by atoms with Crippen LogP contribution in [0.25, 0.3) is 5.69 Å². The second-order valence-corrected chi connectivity index (χ2v) is 5.91. The number of nitro benzene ring substituents is 1. The fourth-order valence-electron chi connectivity index (χ4n) is 2.72. The number of hydrogen-bond donors (Lipinski definition) is 1. The third kappa shape index (κ3) is 3.05. The molecule has 0 bridgehead atoms. The van der Waals surface area contributed by atoms with E-state index in [1.165, 1.54) is 18.2 Å². The van der Waals surface area contributed by atoms with Gasteiger partial charge in [0.25, 0.3) is 5.69 Å². The summed E-state index contributed by atoms with van der Waals surface area (Å²) >= 11 is 0. The fourth-order valence-corrected chi connectivity index (χ4v) is 2.72. The van der Waals surface area contributed by atoms with Crippen molar-refractivity contribution in [2.75, 3.05) is 18.0 Å². The van der Waals surface area contributed by atoms with Gasteiger partial charge < -0.3 is 10.0 Å². The Bertz CT molecular complexity index is 780. The summed E-state index contributed by atoms with van der Waals surface area (Å²) in [5.41, 5.74) is 0.106. The zero-order valence-electron chi connectivity index (χ0n) is 13.1. The molecule has 1 N–H and O–H groups in total. The Hall–Kier alpha value is -2.97. The zero-order chi connectivity index (χ0) is 17.3. The van der Waals surface area contributed by atoms with Crippen LogP contribution in [0.2, 0.25) is 0 Å². The number of carboxylic acid groups (broad SMARTS) is 1. The molecule has 0 spiro atoms. The van der Waals surface area contributed by atoms with Gasteiger partial charge in [-0.25, -0.2) is 4.79 Å².